The van der Waals surface area contributed by atoms with Gasteiger partial charge in [-0.1, -0.05) is 30.3 Å². The zero-order valence-corrected chi connectivity index (χ0v) is 18.0. The molecular formula is C24H25N7O. The molecule has 3 aromatic heterocycles. The number of nitrogens with one attached hydrogen (secondary N) is 1. The third-order valence-corrected chi connectivity index (χ3v) is 5.82. The highest BCUT2D eigenvalue weighted by atomic mass is 16.1. The number of nitrogens with two attached hydrogens (primary N) is 1. The molecule has 0 radical (unpaired) electrons. The van der Waals surface area contributed by atoms with E-state index in [1.807, 2.05) is 28.8 Å². The van der Waals surface area contributed by atoms with E-state index in [2.05, 4.69) is 34.4 Å². The van der Waals surface area contributed by atoms with E-state index in [0.717, 1.165) is 43.0 Å². The summed E-state index contributed by atoms with van der Waals surface area (Å²) in [6, 6.07) is 13.7. The van der Waals surface area contributed by atoms with Crippen molar-refractivity contribution in [3.8, 4) is 11.6 Å². The maximum atomic E-state index is 11.8. The molecule has 4 heterocycles. The van der Waals surface area contributed by atoms with Crippen LogP contribution in [0.4, 0.5) is 5.82 Å². The van der Waals surface area contributed by atoms with Crippen LogP contribution in [0.1, 0.15) is 33.6 Å². The molecule has 0 fully saturated rings. The van der Waals surface area contributed by atoms with E-state index in [1.165, 1.54) is 5.56 Å². The molecule has 1 aliphatic rings. The van der Waals surface area contributed by atoms with Crippen molar-refractivity contribution in [2.24, 2.45) is 5.73 Å². The first kappa shape index (κ1) is 20.1. The lowest BCUT2D eigenvalue weighted by Gasteiger charge is -2.16. The van der Waals surface area contributed by atoms with Gasteiger partial charge in [0, 0.05) is 24.8 Å². The third-order valence-electron chi connectivity index (χ3n) is 5.82. The second-order valence-corrected chi connectivity index (χ2v) is 8.12. The van der Waals surface area contributed by atoms with E-state index in [9.17, 15) is 4.79 Å². The smallest absolute Gasteiger partial charge is 0.250 e. The van der Waals surface area contributed by atoms with E-state index < -0.39 is 5.91 Å². The van der Waals surface area contributed by atoms with Gasteiger partial charge in [-0.15, -0.1) is 0 Å². The molecule has 162 valence electrons. The van der Waals surface area contributed by atoms with Gasteiger partial charge in [0.1, 0.15) is 5.82 Å². The van der Waals surface area contributed by atoms with Crippen molar-refractivity contribution in [1.29, 1.82) is 0 Å². The molecule has 0 spiro atoms. The fourth-order valence-electron chi connectivity index (χ4n) is 4.21. The highest BCUT2D eigenvalue weighted by Gasteiger charge is 2.22. The van der Waals surface area contributed by atoms with Crippen molar-refractivity contribution in [2.45, 2.75) is 25.9 Å². The number of pyridine rings is 1. The standard InChI is InChI=1S/C24H25N7O/c1-30-11-5-9-17-19(15-30)28-23(29-22(17)26-13-16-7-3-2-4-8-16)24-27-14-20-18(21(25)32)10-6-12-31(20)24/h2-4,6-8,10,12,14H,5,9,11,13,15H2,1H3,(H2,25,32)(H,26,28,29). The Labute approximate surface area is 186 Å². The van der Waals surface area contributed by atoms with E-state index in [0.29, 0.717) is 29.3 Å². The highest BCUT2D eigenvalue weighted by Crippen LogP contribution is 2.27. The summed E-state index contributed by atoms with van der Waals surface area (Å²) in [5.74, 6) is 1.46. The monoisotopic (exact) mass is 427 g/mol. The Morgan fingerprint density at radius 1 is 1.16 bits per heavy atom. The van der Waals surface area contributed by atoms with Crippen molar-refractivity contribution in [1.82, 2.24) is 24.3 Å². The van der Waals surface area contributed by atoms with Crippen LogP contribution in [-0.4, -0.2) is 43.8 Å². The SMILES string of the molecule is CN1CCCc2c(nc(-c3ncc4c(C(N)=O)cccn34)nc2NCc2ccccc2)C1. The van der Waals surface area contributed by atoms with Crippen molar-refractivity contribution in [3.05, 3.63) is 77.2 Å². The lowest BCUT2D eigenvalue weighted by Crippen LogP contribution is -2.18. The van der Waals surface area contributed by atoms with Gasteiger partial charge < -0.3 is 16.0 Å². The van der Waals surface area contributed by atoms with Crippen molar-refractivity contribution in [2.75, 3.05) is 18.9 Å². The minimum atomic E-state index is -0.489. The number of primary amides is 1. The fourth-order valence-corrected chi connectivity index (χ4v) is 4.21. The van der Waals surface area contributed by atoms with Gasteiger partial charge in [0.15, 0.2) is 11.6 Å². The Kier molecular flexibility index (Phi) is 5.28. The van der Waals surface area contributed by atoms with Gasteiger partial charge in [0.25, 0.3) is 5.91 Å². The van der Waals surface area contributed by atoms with Crippen molar-refractivity contribution in [3.63, 3.8) is 0 Å². The summed E-state index contributed by atoms with van der Waals surface area (Å²) in [5, 5.41) is 3.53. The predicted octanol–water partition coefficient (Wildman–Crippen LogP) is 2.88. The highest BCUT2D eigenvalue weighted by molar-refractivity contribution is 5.99. The molecular weight excluding hydrogens is 402 g/mol. The zero-order chi connectivity index (χ0) is 22.1. The normalized spacial score (nSPS) is 14.2. The number of carbonyl (C=O) groups is 1. The second kappa shape index (κ2) is 8.39. The summed E-state index contributed by atoms with van der Waals surface area (Å²) in [4.78, 5) is 28.5. The molecule has 3 N–H and O–H groups in total. The van der Waals surface area contributed by atoms with Crippen molar-refractivity contribution >= 4 is 17.2 Å². The maximum absolute atomic E-state index is 11.8. The van der Waals surface area contributed by atoms with Crippen LogP contribution in [0.3, 0.4) is 0 Å². The van der Waals surface area contributed by atoms with E-state index in [4.69, 9.17) is 15.7 Å². The van der Waals surface area contributed by atoms with Gasteiger partial charge in [-0.05, 0) is 44.1 Å². The Balaban J connectivity index is 1.61. The number of hydrogen-bond acceptors (Lipinski definition) is 6. The Hall–Kier alpha value is -3.78. The van der Waals surface area contributed by atoms with Crippen molar-refractivity contribution < 1.29 is 4.79 Å². The quantitative estimate of drug-likeness (QED) is 0.508. The zero-order valence-electron chi connectivity index (χ0n) is 18.0. The Bertz CT molecular complexity index is 1280. The molecule has 0 aliphatic carbocycles. The number of nitrogens with zero attached hydrogens (tertiary/aromatic N) is 5. The number of rotatable bonds is 5. The minimum Gasteiger partial charge on any atom is -0.366 e. The van der Waals surface area contributed by atoms with E-state index >= 15 is 0 Å². The summed E-state index contributed by atoms with van der Waals surface area (Å²) >= 11 is 0. The lowest BCUT2D eigenvalue weighted by atomic mass is 10.1. The number of benzene rings is 1. The van der Waals surface area contributed by atoms with Gasteiger partial charge >= 0.3 is 0 Å². The Morgan fingerprint density at radius 3 is 2.81 bits per heavy atom. The molecule has 0 bridgehead atoms. The number of anilines is 1. The van der Waals surface area contributed by atoms with Crippen LogP contribution in [0.2, 0.25) is 0 Å². The first-order valence-electron chi connectivity index (χ1n) is 10.7. The molecule has 0 saturated heterocycles. The predicted molar refractivity (Wildman–Crippen MR) is 123 cm³/mol. The number of fused-ring (bicyclic) bond motifs is 2. The molecule has 0 unspecified atom stereocenters. The Morgan fingerprint density at radius 2 is 2.00 bits per heavy atom. The number of amides is 1. The first-order valence-corrected chi connectivity index (χ1v) is 10.7. The molecule has 1 amide bonds. The topological polar surface area (TPSA) is 101 Å². The van der Waals surface area contributed by atoms with Gasteiger partial charge in [0.05, 0.1) is 23.0 Å². The van der Waals surface area contributed by atoms with Gasteiger partial charge in [0.2, 0.25) is 0 Å². The van der Waals surface area contributed by atoms with Crippen LogP contribution in [-0.2, 0) is 19.5 Å². The molecule has 1 aromatic carbocycles. The third kappa shape index (κ3) is 3.80. The lowest BCUT2D eigenvalue weighted by molar-refractivity contribution is 0.100. The summed E-state index contributed by atoms with van der Waals surface area (Å²) in [6.45, 7) is 2.44. The van der Waals surface area contributed by atoms with E-state index in [-0.39, 0.29) is 0 Å². The van der Waals surface area contributed by atoms with Crippen LogP contribution in [0.5, 0.6) is 0 Å². The number of hydrogen-bond donors (Lipinski definition) is 2. The van der Waals surface area contributed by atoms with Crippen LogP contribution in [0, 0.1) is 0 Å². The molecule has 4 aromatic rings. The average Bonchev–Trinajstić information content (AvgIpc) is 3.14. The summed E-state index contributed by atoms with van der Waals surface area (Å²) < 4.78 is 1.82. The average molecular weight is 428 g/mol. The molecule has 5 rings (SSSR count). The minimum absolute atomic E-state index is 0.420. The number of carbonyl (C=O) groups excluding carboxylic acids is 1. The number of aromatic nitrogens is 4. The number of imidazole rings is 1. The summed E-state index contributed by atoms with van der Waals surface area (Å²) in [6.07, 6.45) is 5.47. The van der Waals surface area contributed by atoms with Crippen LogP contribution in [0.25, 0.3) is 17.2 Å². The summed E-state index contributed by atoms with van der Waals surface area (Å²) in [7, 11) is 2.11. The summed E-state index contributed by atoms with van der Waals surface area (Å²) in [5.41, 5.74) is 9.96. The van der Waals surface area contributed by atoms with Gasteiger partial charge in [-0.3, -0.25) is 9.20 Å². The molecule has 0 atom stereocenters. The van der Waals surface area contributed by atoms with E-state index in [1.54, 1.807) is 18.3 Å². The molecule has 1 aliphatic heterocycles. The van der Waals surface area contributed by atoms with Gasteiger partial charge in [-0.25, -0.2) is 15.0 Å². The fraction of sp³-hybridized carbons (Fsp3) is 0.250. The van der Waals surface area contributed by atoms with Crippen LogP contribution in [0.15, 0.2) is 54.9 Å². The van der Waals surface area contributed by atoms with Crippen LogP contribution >= 0.6 is 0 Å². The molecule has 32 heavy (non-hydrogen) atoms. The molecule has 0 saturated carbocycles. The maximum Gasteiger partial charge on any atom is 0.250 e. The second-order valence-electron chi connectivity index (χ2n) is 8.12. The first-order chi connectivity index (χ1) is 15.6. The largest absolute Gasteiger partial charge is 0.366 e. The molecule has 8 heteroatoms. The van der Waals surface area contributed by atoms with Crippen LogP contribution < -0.4 is 11.1 Å². The van der Waals surface area contributed by atoms with Gasteiger partial charge in [-0.2, -0.15) is 0 Å². The molecule has 8 nitrogen and oxygen atoms in total.